The molecule has 2 aliphatic rings. The van der Waals surface area contributed by atoms with E-state index in [0.717, 1.165) is 19.3 Å². The van der Waals surface area contributed by atoms with E-state index in [1.807, 2.05) is 0 Å². The Kier molecular flexibility index (Phi) is 4.86. The van der Waals surface area contributed by atoms with E-state index in [1.54, 1.807) is 0 Å². The van der Waals surface area contributed by atoms with E-state index in [-0.39, 0.29) is 12.1 Å². The van der Waals surface area contributed by atoms with Crippen molar-refractivity contribution in [3.63, 3.8) is 0 Å². The normalized spacial score (nSPS) is 29.4. The summed E-state index contributed by atoms with van der Waals surface area (Å²) in [7, 11) is 0. The van der Waals surface area contributed by atoms with Gasteiger partial charge in [-0.3, -0.25) is 0 Å². The largest absolute Gasteiger partial charge is 0.480 e. The molecule has 1 saturated carbocycles. The second kappa shape index (κ2) is 6.43. The molecule has 0 radical (unpaired) electrons. The highest BCUT2D eigenvalue weighted by Gasteiger charge is 2.42. The standard InChI is InChI=1S/C14H24N2O4/c1-10-4-2-3-5-11(10)15-13(19)16-14(12(17)18)6-8-20-9-7-14/h10-11H,2-9H2,1H3,(H,17,18)(H2,15,16,19). The zero-order valence-electron chi connectivity index (χ0n) is 12.0. The minimum absolute atomic E-state index is 0.148. The Morgan fingerprint density at radius 2 is 1.85 bits per heavy atom. The molecule has 1 aliphatic carbocycles. The van der Waals surface area contributed by atoms with Crippen molar-refractivity contribution in [2.24, 2.45) is 5.92 Å². The van der Waals surface area contributed by atoms with Crippen LogP contribution in [0.25, 0.3) is 0 Å². The second-order valence-corrected chi connectivity index (χ2v) is 5.97. The molecule has 6 heteroatoms. The highest BCUT2D eigenvalue weighted by molar-refractivity contribution is 5.86. The Hall–Kier alpha value is -1.30. The fourth-order valence-corrected chi connectivity index (χ4v) is 3.06. The third-order valence-corrected chi connectivity index (χ3v) is 4.54. The summed E-state index contributed by atoms with van der Waals surface area (Å²) in [6, 6.07) is -0.220. The molecule has 2 unspecified atom stereocenters. The number of aliphatic carboxylic acids is 1. The van der Waals surface area contributed by atoms with Gasteiger partial charge in [0.15, 0.2) is 0 Å². The molecule has 0 aromatic heterocycles. The molecule has 3 N–H and O–H groups in total. The summed E-state index contributed by atoms with van der Waals surface area (Å²) in [5.74, 6) is -0.530. The lowest BCUT2D eigenvalue weighted by atomic mass is 9.86. The van der Waals surface area contributed by atoms with Gasteiger partial charge in [0.05, 0.1) is 0 Å². The van der Waals surface area contributed by atoms with Gasteiger partial charge in [0.2, 0.25) is 0 Å². The Balaban J connectivity index is 1.93. The number of carboxylic acids is 1. The molecule has 2 atom stereocenters. The lowest BCUT2D eigenvalue weighted by Gasteiger charge is -2.35. The summed E-state index contributed by atoms with van der Waals surface area (Å²) in [6.07, 6.45) is 5.04. The number of carboxylic acid groups (broad SMARTS) is 1. The first kappa shape index (κ1) is 15.1. The molecule has 2 amide bonds. The fraction of sp³-hybridized carbons (Fsp3) is 0.857. The number of nitrogens with one attached hydrogen (secondary N) is 2. The SMILES string of the molecule is CC1CCCCC1NC(=O)NC1(C(=O)O)CCOCC1. The number of ether oxygens (including phenoxy) is 1. The monoisotopic (exact) mass is 284 g/mol. The molecule has 1 saturated heterocycles. The van der Waals surface area contributed by atoms with Gasteiger partial charge >= 0.3 is 12.0 Å². The van der Waals surface area contributed by atoms with Crippen LogP contribution >= 0.6 is 0 Å². The molecule has 6 nitrogen and oxygen atoms in total. The number of urea groups is 1. The van der Waals surface area contributed by atoms with Gasteiger partial charge in [-0.2, -0.15) is 0 Å². The molecular formula is C14H24N2O4. The van der Waals surface area contributed by atoms with Crippen molar-refractivity contribution in [3.05, 3.63) is 0 Å². The average molecular weight is 284 g/mol. The van der Waals surface area contributed by atoms with Gasteiger partial charge in [-0.1, -0.05) is 19.8 Å². The van der Waals surface area contributed by atoms with Gasteiger partial charge in [-0.15, -0.1) is 0 Å². The van der Waals surface area contributed by atoms with E-state index in [4.69, 9.17) is 4.74 Å². The molecule has 0 bridgehead atoms. The van der Waals surface area contributed by atoms with Crippen molar-refractivity contribution in [1.29, 1.82) is 0 Å². The number of carbonyl (C=O) groups excluding carboxylic acids is 1. The van der Waals surface area contributed by atoms with Crippen LogP contribution in [0.5, 0.6) is 0 Å². The van der Waals surface area contributed by atoms with E-state index in [2.05, 4.69) is 17.6 Å². The summed E-state index contributed by atoms with van der Waals surface area (Å²) in [4.78, 5) is 23.6. The van der Waals surface area contributed by atoms with Crippen LogP contribution in [0.3, 0.4) is 0 Å². The van der Waals surface area contributed by atoms with Gasteiger partial charge in [0, 0.05) is 32.1 Å². The van der Waals surface area contributed by atoms with Crippen LogP contribution in [0, 0.1) is 5.92 Å². The lowest BCUT2D eigenvalue weighted by Crippen LogP contribution is -2.61. The number of hydrogen-bond acceptors (Lipinski definition) is 3. The molecule has 1 heterocycles. The summed E-state index contributed by atoms with van der Waals surface area (Å²) in [6.45, 7) is 2.87. The fourth-order valence-electron chi connectivity index (χ4n) is 3.06. The van der Waals surface area contributed by atoms with Crippen LogP contribution in [-0.4, -0.2) is 41.9 Å². The molecule has 0 spiro atoms. The average Bonchev–Trinajstić information content (AvgIpc) is 2.42. The zero-order chi connectivity index (χ0) is 14.6. The molecule has 114 valence electrons. The maximum Gasteiger partial charge on any atom is 0.329 e. The van der Waals surface area contributed by atoms with Crippen LogP contribution in [0.1, 0.15) is 45.4 Å². The minimum atomic E-state index is -1.18. The zero-order valence-corrected chi connectivity index (χ0v) is 12.0. The van der Waals surface area contributed by atoms with Crippen LogP contribution in [0.15, 0.2) is 0 Å². The van der Waals surface area contributed by atoms with Crippen molar-refractivity contribution >= 4 is 12.0 Å². The molecular weight excluding hydrogens is 260 g/mol. The highest BCUT2D eigenvalue weighted by atomic mass is 16.5. The van der Waals surface area contributed by atoms with Crippen molar-refractivity contribution in [1.82, 2.24) is 10.6 Å². The van der Waals surface area contributed by atoms with Crippen molar-refractivity contribution < 1.29 is 19.4 Å². The summed E-state index contributed by atoms with van der Waals surface area (Å²) in [5, 5.41) is 15.0. The Bertz CT molecular complexity index is 366. The lowest BCUT2D eigenvalue weighted by molar-refractivity contribution is -0.148. The van der Waals surface area contributed by atoms with E-state index >= 15 is 0 Å². The van der Waals surface area contributed by atoms with Crippen LogP contribution in [0.2, 0.25) is 0 Å². The third kappa shape index (κ3) is 3.42. The minimum Gasteiger partial charge on any atom is -0.480 e. The van der Waals surface area contributed by atoms with E-state index in [9.17, 15) is 14.7 Å². The van der Waals surface area contributed by atoms with Gasteiger partial charge in [0.1, 0.15) is 5.54 Å². The van der Waals surface area contributed by atoms with E-state index < -0.39 is 11.5 Å². The number of amides is 2. The van der Waals surface area contributed by atoms with Gasteiger partial charge in [-0.25, -0.2) is 9.59 Å². The quantitative estimate of drug-likeness (QED) is 0.733. The Morgan fingerprint density at radius 3 is 2.45 bits per heavy atom. The number of rotatable bonds is 3. The van der Waals surface area contributed by atoms with Crippen LogP contribution < -0.4 is 10.6 Å². The van der Waals surface area contributed by atoms with Crippen molar-refractivity contribution in [2.75, 3.05) is 13.2 Å². The van der Waals surface area contributed by atoms with Gasteiger partial charge in [-0.05, 0) is 18.8 Å². The van der Waals surface area contributed by atoms with Crippen LogP contribution in [-0.2, 0) is 9.53 Å². The first-order chi connectivity index (χ1) is 9.53. The first-order valence-electron chi connectivity index (χ1n) is 7.43. The smallest absolute Gasteiger partial charge is 0.329 e. The molecule has 1 aliphatic heterocycles. The highest BCUT2D eigenvalue weighted by Crippen LogP contribution is 2.24. The Morgan fingerprint density at radius 1 is 1.20 bits per heavy atom. The first-order valence-corrected chi connectivity index (χ1v) is 7.43. The molecule has 0 aromatic rings. The summed E-state index contributed by atoms with van der Waals surface area (Å²) >= 11 is 0. The predicted octanol–water partition coefficient (Wildman–Crippen LogP) is 1.50. The molecule has 2 rings (SSSR count). The van der Waals surface area contributed by atoms with Gasteiger partial charge in [0.25, 0.3) is 0 Å². The van der Waals surface area contributed by atoms with Crippen molar-refractivity contribution in [2.45, 2.75) is 57.0 Å². The predicted molar refractivity (Wildman–Crippen MR) is 73.5 cm³/mol. The maximum absolute atomic E-state index is 12.1. The summed E-state index contributed by atoms with van der Waals surface area (Å²) in [5.41, 5.74) is -1.18. The number of hydrogen-bond donors (Lipinski definition) is 3. The summed E-state index contributed by atoms with van der Waals surface area (Å²) < 4.78 is 5.19. The van der Waals surface area contributed by atoms with Gasteiger partial charge < -0.3 is 20.5 Å². The van der Waals surface area contributed by atoms with Crippen molar-refractivity contribution in [3.8, 4) is 0 Å². The second-order valence-electron chi connectivity index (χ2n) is 5.97. The van der Waals surface area contributed by atoms with Crippen LogP contribution in [0.4, 0.5) is 4.79 Å². The molecule has 0 aromatic carbocycles. The third-order valence-electron chi connectivity index (χ3n) is 4.54. The number of carbonyl (C=O) groups is 2. The molecule has 20 heavy (non-hydrogen) atoms. The Labute approximate surface area is 119 Å². The molecule has 2 fully saturated rings. The topological polar surface area (TPSA) is 87.7 Å². The van der Waals surface area contributed by atoms with E-state index in [1.165, 1.54) is 6.42 Å². The van der Waals surface area contributed by atoms with E-state index in [0.29, 0.717) is 32.0 Å². The maximum atomic E-state index is 12.1.